The van der Waals surface area contributed by atoms with E-state index in [1.165, 1.54) is 0 Å². The number of guanidine groups is 1. The Kier molecular flexibility index (Phi) is 5.20. The highest BCUT2D eigenvalue weighted by Gasteiger charge is 2.27. The number of rotatable bonds is 3. The summed E-state index contributed by atoms with van der Waals surface area (Å²) in [5.74, 6) is 1.17. The normalized spacial score (nSPS) is 24.4. The van der Waals surface area contributed by atoms with Gasteiger partial charge in [-0.1, -0.05) is 11.6 Å². The molecular weight excluding hydrogens is 348 g/mol. The molecule has 0 aliphatic carbocycles. The molecule has 2 aliphatic rings. The van der Waals surface area contributed by atoms with Crippen molar-refractivity contribution in [1.29, 1.82) is 0 Å². The Bertz CT molecular complexity index is 697. The van der Waals surface area contributed by atoms with Gasteiger partial charge in [-0.15, -0.1) is 0 Å². The van der Waals surface area contributed by atoms with Crippen molar-refractivity contribution >= 4 is 33.1 Å². The van der Waals surface area contributed by atoms with E-state index in [1.54, 1.807) is 0 Å². The van der Waals surface area contributed by atoms with Crippen LogP contribution in [0.2, 0.25) is 5.02 Å². The number of sulfone groups is 1. The van der Waals surface area contributed by atoms with Gasteiger partial charge in [-0.2, -0.15) is 0 Å². The minimum absolute atomic E-state index is 0.115. The standard InChI is InChI=1S/C16H23ClN4O2S/c17-14-1-3-15(4-2-14)20-6-8-21(9-7-20)16(18)19-11-13-5-10-24(22,23)12-13/h1-4,13H,5-12H2,(H2,18,19). The average molecular weight is 371 g/mol. The Labute approximate surface area is 148 Å². The highest BCUT2D eigenvalue weighted by atomic mass is 35.5. The molecule has 1 atom stereocenters. The highest BCUT2D eigenvalue weighted by Crippen LogP contribution is 2.20. The van der Waals surface area contributed by atoms with E-state index in [0.29, 0.717) is 18.9 Å². The Hall–Kier alpha value is -1.47. The van der Waals surface area contributed by atoms with Gasteiger partial charge in [0.2, 0.25) is 0 Å². The lowest BCUT2D eigenvalue weighted by Gasteiger charge is -2.36. The number of nitrogens with zero attached hydrogens (tertiary/aromatic N) is 3. The van der Waals surface area contributed by atoms with E-state index < -0.39 is 9.84 Å². The molecule has 0 amide bonds. The molecule has 2 heterocycles. The molecule has 2 N–H and O–H groups in total. The summed E-state index contributed by atoms with van der Waals surface area (Å²) in [5.41, 5.74) is 7.25. The van der Waals surface area contributed by atoms with Gasteiger partial charge >= 0.3 is 0 Å². The van der Waals surface area contributed by atoms with Crippen molar-refractivity contribution in [3.05, 3.63) is 29.3 Å². The molecule has 24 heavy (non-hydrogen) atoms. The highest BCUT2D eigenvalue weighted by molar-refractivity contribution is 7.91. The molecular formula is C16H23ClN4O2S. The fourth-order valence-corrected chi connectivity index (χ4v) is 5.16. The summed E-state index contributed by atoms with van der Waals surface area (Å²) in [4.78, 5) is 8.79. The zero-order chi connectivity index (χ0) is 17.2. The average Bonchev–Trinajstić information content (AvgIpc) is 2.93. The van der Waals surface area contributed by atoms with Crippen LogP contribution in [0, 0.1) is 5.92 Å². The van der Waals surface area contributed by atoms with Crippen molar-refractivity contribution in [2.45, 2.75) is 6.42 Å². The zero-order valence-electron chi connectivity index (χ0n) is 13.6. The molecule has 2 fully saturated rings. The molecule has 3 rings (SSSR count). The predicted molar refractivity (Wildman–Crippen MR) is 98.5 cm³/mol. The Morgan fingerprint density at radius 2 is 1.88 bits per heavy atom. The van der Waals surface area contributed by atoms with E-state index in [-0.39, 0.29) is 17.4 Å². The second-order valence-corrected chi connectivity index (χ2v) is 9.08. The van der Waals surface area contributed by atoms with E-state index in [9.17, 15) is 8.42 Å². The number of hydrogen-bond acceptors (Lipinski definition) is 4. The number of halogens is 1. The molecule has 0 radical (unpaired) electrons. The van der Waals surface area contributed by atoms with Gasteiger partial charge in [-0.25, -0.2) is 8.42 Å². The lowest BCUT2D eigenvalue weighted by molar-refractivity contribution is 0.379. The van der Waals surface area contributed by atoms with Crippen molar-refractivity contribution in [1.82, 2.24) is 4.90 Å². The SMILES string of the molecule is NC(=NCC1CCS(=O)(=O)C1)N1CCN(c2ccc(Cl)cc2)CC1. The zero-order valence-corrected chi connectivity index (χ0v) is 15.1. The van der Waals surface area contributed by atoms with Crippen molar-refractivity contribution in [3.63, 3.8) is 0 Å². The summed E-state index contributed by atoms with van der Waals surface area (Å²) in [6.07, 6.45) is 0.698. The number of aliphatic imine (C=N–C) groups is 1. The molecule has 8 heteroatoms. The third-order valence-corrected chi connectivity index (χ3v) is 6.72. The first-order valence-electron chi connectivity index (χ1n) is 8.19. The quantitative estimate of drug-likeness (QED) is 0.639. The number of piperazine rings is 1. The van der Waals surface area contributed by atoms with E-state index in [4.69, 9.17) is 17.3 Å². The Morgan fingerprint density at radius 3 is 2.46 bits per heavy atom. The summed E-state index contributed by atoms with van der Waals surface area (Å²) >= 11 is 5.92. The van der Waals surface area contributed by atoms with E-state index in [0.717, 1.165) is 36.9 Å². The van der Waals surface area contributed by atoms with Gasteiger partial charge in [0.25, 0.3) is 0 Å². The van der Waals surface area contributed by atoms with Crippen LogP contribution in [0.5, 0.6) is 0 Å². The summed E-state index contributed by atoms with van der Waals surface area (Å²) in [5, 5.41) is 0.739. The predicted octanol–water partition coefficient (Wildman–Crippen LogP) is 1.21. The maximum absolute atomic E-state index is 11.5. The van der Waals surface area contributed by atoms with Gasteiger partial charge in [0.05, 0.1) is 11.5 Å². The van der Waals surface area contributed by atoms with Crippen molar-refractivity contribution in [2.75, 3.05) is 49.1 Å². The van der Waals surface area contributed by atoms with Crippen LogP contribution in [0.3, 0.4) is 0 Å². The van der Waals surface area contributed by atoms with Crippen LogP contribution < -0.4 is 10.6 Å². The summed E-state index contributed by atoms with van der Waals surface area (Å²) in [7, 11) is -2.85. The molecule has 1 unspecified atom stereocenters. The summed E-state index contributed by atoms with van der Waals surface area (Å²) in [6.45, 7) is 3.86. The van der Waals surface area contributed by atoms with Gasteiger partial charge < -0.3 is 15.5 Å². The number of nitrogens with two attached hydrogens (primary N) is 1. The van der Waals surface area contributed by atoms with Crippen molar-refractivity contribution in [3.8, 4) is 0 Å². The second-order valence-electron chi connectivity index (χ2n) is 6.42. The lowest BCUT2D eigenvalue weighted by Crippen LogP contribution is -2.51. The lowest BCUT2D eigenvalue weighted by atomic mass is 10.1. The van der Waals surface area contributed by atoms with Gasteiger partial charge in [0.15, 0.2) is 15.8 Å². The molecule has 0 bridgehead atoms. The Morgan fingerprint density at radius 1 is 1.21 bits per heavy atom. The van der Waals surface area contributed by atoms with Crippen LogP contribution in [0.25, 0.3) is 0 Å². The summed E-state index contributed by atoms with van der Waals surface area (Å²) in [6, 6.07) is 7.84. The smallest absolute Gasteiger partial charge is 0.191 e. The van der Waals surface area contributed by atoms with E-state index in [1.807, 2.05) is 24.3 Å². The Balaban J connectivity index is 1.50. The minimum Gasteiger partial charge on any atom is -0.370 e. The van der Waals surface area contributed by atoms with Crippen molar-refractivity contribution in [2.24, 2.45) is 16.6 Å². The molecule has 0 saturated carbocycles. The van der Waals surface area contributed by atoms with Gasteiger partial charge in [-0.05, 0) is 36.6 Å². The minimum atomic E-state index is -2.85. The molecule has 0 aromatic heterocycles. The largest absolute Gasteiger partial charge is 0.370 e. The molecule has 6 nitrogen and oxygen atoms in total. The van der Waals surface area contributed by atoms with Crippen LogP contribution in [0.15, 0.2) is 29.3 Å². The fraction of sp³-hybridized carbons (Fsp3) is 0.562. The van der Waals surface area contributed by atoms with Crippen LogP contribution >= 0.6 is 11.6 Å². The van der Waals surface area contributed by atoms with Crippen LogP contribution in [-0.2, 0) is 9.84 Å². The first kappa shape index (κ1) is 17.4. The van der Waals surface area contributed by atoms with E-state index in [2.05, 4.69) is 14.8 Å². The van der Waals surface area contributed by atoms with Gasteiger partial charge in [0.1, 0.15) is 0 Å². The third kappa shape index (κ3) is 4.33. The number of hydrogen-bond donors (Lipinski definition) is 1. The van der Waals surface area contributed by atoms with Crippen molar-refractivity contribution < 1.29 is 8.42 Å². The maximum Gasteiger partial charge on any atom is 0.191 e. The summed E-state index contributed by atoms with van der Waals surface area (Å²) < 4.78 is 23.0. The molecule has 132 valence electrons. The maximum atomic E-state index is 11.5. The molecule has 0 spiro atoms. The number of benzene rings is 1. The van der Waals surface area contributed by atoms with Gasteiger partial charge in [0, 0.05) is 43.4 Å². The third-order valence-electron chi connectivity index (χ3n) is 4.63. The number of anilines is 1. The molecule has 1 aromatic rings. The molecule has 1 aromatic carbocycles. The first-order chi connectivity index (χ1) is 11.4. The van der Waals surface area contributed by atoms with Crippen LogP contribution in [-0.4, -0.2) is 63.5 Å². The topological polar surface area (TPSA) is 79.0 Å². The fourth-order valence-electron chi connectivity index (χ4n) is 3.18. The van der Waals surface area contributed by atoms with Crippen LogP contribution in [0.4, 0.5) is 5.69 Å². The molecule has 2 aliphatic heterocycles. The monoisotopic (exact) mass is 370 g/mol. The molecule has 2 saturated heterocycles. The second kappa shape index (κ2) is 7.19. The first-order valence-corrected chi connectivity index (χ1v) is 10.4. The van der Waals surface area contributed by atoms with Gasteiger partial charge in [-0.3, -0.25) is 4.99 Å². The van der Waals surface area contributed by atoms with E-state index >= 15 is 0 Å². The van der Waals surface area contributed by atoms with Crippen LogP contribution in [0.1, 0.15) is 6.42 Å².